The second kappa shape index (κ2) is 6.99. The molecule has 0 heterocycles. The minimum Gasteiger partial charge on any atom is -0.387 e. The van der Waals surface area contributed by atoms with Gasteiger partial charge in [0.1, 0.15) is 5.82 Å². The first-order valence-corrected chi connectivity index (χ1v) is 6.81. The molecular formula is C17H18FNO2. The fourth-order valence-electron chi connectivity index (χ4n) is 2.13. The Hall–Kier alpha value is -2.20. The van der Waals surface area contributed by atoms with Crippen molar-refractivity contribution in [2.75, 3.05) is 6.54 Å². The molecule has 0 aromatic heterocycles. The minimum atomic E-state index is -0.733. The molecule has 0 aliphatic heterocycles. The molecule has 0 spiro atoms. The predicted octanol–water partition coefficient (Wildman–Crippen LogP) is 2.53. The molecule has 4 heteroatoms. The Morgan fingerprint density at radius 3 is 2.52 bits per heavy atom. The van der Waals surface area contributed by atoms with Crippen LogP contribution in [0.3, 0.4) is 0 Å². The SMILES string of the molecule is Cc1ccccc1[C@H](O)CNC(=O)Cc1ccc(F)cc1. The van der Waals surface area contributed by atoms with Crippen molar-refractivity contribution in [2.45, 2.75) is 19.4 Å². The number of aryl methyl sites for hydroxylation is 1. The zero-order valence-electron chi connectivity index (χ0n) is 11.8. The average Bonchev–Trinajstić information content (AvgIpc) is 2.48. The van der Waals surface area contributed by atoms with Crippen molar-refractivity contribution < 1.29 is 14.3 Å². The van der Waals surface area contributed by atoms with Gasteiger partial charge in [-0.2, -0.15) is 0 Å². The summed E-state index contributed by atoms with van der Waals surface area (Å²) in [5.74, 6) is -0.525. The number of amides is 1. The molecular weight excluding hydrogens is 269 g/mol. The summed E-state index contributed by atoms with van der Waals surface area (Å²) in [6.07, 6.45) is -0.566. The van der Waals surface area contributed by atoms with Gasteiger partial charge < -0.3 is 10.4 Å². The molecule has 1 amide bonds. The molecule has 0 aliphatic rings. The summed E-state index contributed by atoms with van der Waals surface area (Å²) >= 11 is 0. The number of hydrogen-bond donors (Lipinski definition) is 2. The molecule has 0 saturated heterocycles. The van der Waals surface area contributed by atoms with Crippen molar-refractivity contribution in [3.8, 4) is 0 Å². The van der Waals surface area contributed by atoms with Crippen LogP contribution in [0.4, 0.5) is 4.39 Å². The molecule has 2 N–H and O–H groups in total. The summed E-state index contributed by atoms with van der Waals surface area (Å²) in [6.45, 7) is 2.07. The van der Waals surface area contributed by atoms with E-state index in [1.165, 1.54) is 12.1 Å². The number of aliphatic hydroxyl groups is 1. The zero-order chi connectivity index (χ0) is 15.2. The molecule has 0 bridgehead atoms. The predicted molar refractivity (Wildman–Crippen MR) is 79.3 cm³/mol. The topological polar surface area (TPSA) is 49.3 Å². The van der Waals surface area contributed by atoms with Crippen LogP contribution in [0.15, 0.2) is 48.5 Å². The third kappa shape index (κ3) is 4.39. The summed E-state index contributed by atoms with van der Waals surface area (Å²) in [6, 6.07) is 13.3. The van der Waals surface area contributed by atoms with Gasteiger partial charge in [-0.25, -0.2) is 4.39 Å². The smallest absolute Gasteiger partial charge is 0.224 e. The molecule has 1 atom stereocenters. The lowest BCUT2D eigenvalue weighted by atomic mass is 10.0. The van der Waals surface area contributed by atoms with Crippen molar-refractivity contribution in [2.24, 2.45) is 0 Å². The van der Waals surface area contributed by atoms with Crippen LogP contribution in [0, 0.1) is 12.7 Å². The van der Waals surface area contributed by atoms with E-state index < -0.39 is 6.10 Å². The average molecular weight is 287 g/mol. The maximum Gasteiger partial charge on any atom is 0.224 e. The summed E-state index contributed by atoms with van der Waals surface area (Å²) in [5, 5.41) is 12.8. The number of hydrogen-bond acceptors (Lipinski definition) is 2. The normalized spacial score (nSPS) is 12.0. The quantitative estimate of drug-likeness (QED) is 0.888. The molecule has 3 nitrogen and oxygen atoms in total. The number of rotatable bonds is 5. The lowest BCUT2D eigenvalue weighted by Gasteiger charge is -2.14. The van der Waals surface area contributed by atoms with E-state index in [9.17, 15) is 14.3 Å². The van der Waals surface area contributed by atoms with Gasteiger partial charge in [0.2, 0.25) is 5.91 Å². The lowest BCUT2D eigenvalue weighted by molar-refractivity contribution is -0.120. The van der Waals surface area contributed by atoms with E-state index >= 15 is 0 Å². The van der Waals surface area contributed by atoms with Crippen molar-refractivity contribution in [3.63, 3.8) is 0 Å². The summed E-state index contributed by atoms with van der Waals surface area (Å²) < 4.78 is 12.8. The molecule has 2 rings (SSSR count). The van der Waals surface area contributed by atoms with E-state index in [-0.39, 0.29) is 24.7 Å². The number of carbonyl (C=O) groups is 1. The van der Waals surface area contributed by atoms with Gasteiger partial charge in [0.15, 0.2) is 0 Å². The van der Waals surface area contributed by atoms with Crippen LogP contribution >= 0.6 is 0 Å². The van der Waals surface area contributed by atoms with Crippen LogP contribution in [0.5, 0.6) is 0 Å². The zero-order valence-corrected chi connectivity index (χ0v) is 11.8. The van der Waals surface area contributed by atoms with Crippen LogP contribution in [-0.4, -0.2) is 17.6 Å². The Labute approximate surface area is 123 Å². The van der Waals surface area contributed by atoms with Gasteiger partial charge in [-0.05, 0) is 35.7 Å². The molecule has 0 fully saturated rings. The highest BCUT2D eigenvalue weighted by molar-refractivity contribution is 5.78. The van der Waals surface area contributed by atoms with Gasteiger partial charge in [0.05, 0.1) is 12.5 Å². The Morgan fingerprint density at radius 1 is 1.19 bits per heavy atom. The van der Waals surface area contributed by atoms with Gasteiger partial charge in [0.25, 0.3) is 0 Å². The van der Waals surface area contributed by atoms with E-state index in [4.69, 9.17) is 0 Å². The Kier molecular flexibility index (Phi) is 5.06. The van der Waals surface area contributed by atoms with Crippen LogP contribution < -0.4 is 5.32 Å². The molecule has 21 heavy (non-hydrogen) atoms. The first-order valence-electron chi connectivity index (χ1n) is 6.81. The van der Waals surface area contributed by atoms with Crippen LogP contribution in [0.2, 0.25) is 0 Å². The molecule has 110 valence electrons. The second-order valence-corrected chi connectivity index (χ2v) is 4.98. The summed E-state index contributed by atoms with van der Waals surface area (Å²) in [5.41, 5.74) is 2.52. The fourth-order valence-corrected chi connectivity index (χ4v) is 2.13. The Bertz CT molecular complexity index is 610. The van der Waals surface area contributed by atoms with Crippen LogP contribution in [-0.2, 0) is 11.2 Å². The monoisotopic (exact) mass is 287 g/mol. The third-order valence-corrected chi connectivity index (χ3v) is 3.32. The Balaban J connectivity index is 1.86. The molecule has 0 saturated carbocycles. The molecule has 2 aromatic carbocycles. The third-order valence-electron chi connectivity index (χ3n) is 3.32. The van der Waals surface area contributed by atoms with E-state index in [1.807, 2.05) is 31.2 Å². The molecule has 0 radical (unpaired) electrons. The standard InChI is InChI=1S/C17H18FNO2/c1-12-4-2-3-5-15(12)16(20)11-19-17(21)10-13-6-8-14(18)9-7-13/h2-9,16,20H,10-11H2,1H3,(H,19,21)/t16-/m1/s1. The van der Waals surface area contributed by atoms with Gasteiger partial charge in [-0.3, -0.25) is 4.79 Å². The first kappa shape index (κ1) is 15.2. The fraction of sp³-hybridized carbons (Fsp3) is 0.235. The van der Waals surface area contributed by atoms with Crippen molar-refractivity contribution >= 4 is 5.91 Å². The lowest BCUT2D eigenvalue weighted by Crippen LogP contribution is -2.29. The second-order valence-electron chi connectivity index (χ2n) is 4.98. The highest BCUT2D eigenvalue weighted by Crippen LogP contribution is 2.16. The van der Waals surface area contributed by atoms with E-state index in [0.29, 0.717) is 0 Å². The van der Waals surface area contributed by atoms with Gasteiger partial charge in [0, 0.05) is 6.54 Å². The number of benzene rings is 2. The number of carbonyl (C=O) groups excluding carboxylic acids is 1. The van der Waals surface area contributed by atoms with Gasteiger partial charge >= 0.3 is 0 Å². The largest absolute Gasteiger partial charge is 0.387 e. The number of halogens is 1. The van der Waals surface area contributed by atoms with E-state index in [0.717, 1.165) is 16.7 Å². The van der Waals surface area contributed by atoms with E-state index in [2.05, 4.69) is 5.32 Å². The van der Waals surface area contributed by atoms with Crippen LogP contribution in [0.25, 0.3) is 0 Å². The highest BCUT2D eigenvalue weighted by atomic mass is 19.1. The molecule has 0 aliphatic carbocycles. The van der Waals surface area contributed by atoms with E-state index in [1.54, 1.807) is 12.1 Å². The Morgan fingerprint density at radius 2 is 1.86 bits per heavy atom. The number of nitrogens with one attached hydrogen (secondary N) is 1. The summed E-state index contributed by atoms with van der Waals surface area (Å²) in [4.78, 5) is 11.8. The van der Waals surface area contributed by atoms with Crippen LogP contribution in [0.1, 0.15) is 22.8 Å². The van der Waals surface area contributed by atoms with Crippen molar-refractivity contribution in [3.05, 3.63) is 71.0 Å². The first-order chi connectivity index (χ1) is 10.1. The maximum atomic E-state index is 12.8. The maximum absolute atomic E-state index is 12.8. The number of aliphatic hydroxyl groups excluding tert-OH is 1. The van der Waals surface area contributed by atoms with Crippen molar-refractivity contribution in [1.29, 1.82) is 0 Å². The summed E-state index contributed by atoms with van der Waals surface area (Å²) in [7, 11) is 0. The highest BCUT2D eigenvalue weighted by Gasteiger charge is 2.11. The van der Waals surface area contributed by atoms with Gasteiger partial charge in [-0.1, -0.05) is 36.4 Å². The minimum absolute atomic E-state index is 0.158. The molecule has 0 unspecified atom stereocenters. The van der Waals surface area contributed by atoms with Crippen molar-refractivity contribution in [1.82, 2.24) is 5.32 Å². The van der Waals surface area contributed by atoms with Gasteiger partial charge in [-0.15, -0.1) is 0 Å². The molecule has 2 aromatic rings.